The maximum absolute atomic E-state index is 12.2. The van der Waals surface area contributed by atoms with Gasteiger partial charge < -0.3 is 14.8 Å². The fourth-order valence-corrected chi connectivity index (χ4v) is 2.94. The summed E-state index contributed by atoms with van der Waals surface area (Å²) in [5.41, 5.74) is 2.65. The van der Waals surface area contributed by atoms with Crippen molar-refractivity contribution in [3.63, 3.8) is 0 Å². The number of rotatable bonds is 5. The second kappa shape index (κ2) is 6.78. The molecular formula is C16H17NO5S. The third kappa shape index (κ3) is 3.87. The Bertz CT molecular complexity index is 794. The van der Waals surface area contributed by atoms with Crippen LogP contribution in [-0.2, 0) is 16.6 Å². The van der Waals surface area contributed by atoms with Gasteiger partial charge in [0.1, 0.15) is 0 Å². The highest BCUT2D eigenvalue weighted by Crippen LogP contribution is 2.22. The summed E-state index contributed by atoms with van der Waals surface area (Å²) < 4.78 is 16.5. The first-order valence-electron chi connectivity index (χ1n) is 6.83. The predicted octanol–water partition coefficient (Wildman–Crippen LogP) is 2.73. The standard InChI is InChI=1S/C16H17NO5S/c1-9-7-13(22-14(9)16(19)20)15(18)17-12-6-4-5-11(10(12)2)8-23(3)21/h4-7H,8H2,1-3H3,(H,17,18)(H,19,20). The van der Waals surface area contributed by atoms with Gasteiger partial charge >= 0.3 is 5.97 Å². The minimum absolute atomic E-state index is 0.0660. The number of nitrogens with one attached hydrogen (secondary N) is 1. The number of anilines is 1. The van der Waals surface area contributed by atoms with Gasteiger partial charge in [-0.05, 0) is 37.1 Å². The molecule has 0 saturated heterocycles. The lowest BCUT2D eigenvalue weighted by atomic mass is 10.1. The van der Waals surface area contributed by atoms with E-state index in [0.29, 0.717) is 17.0 Å². The van der Waals surface area contributed by atoms with Crippen LogP contribution in [0, 0.1) is 13.8 Å². The van der Waals surface area contributed by atoms with Gasteiger partial charge in [-0.15, -0.1) is 0 Å². The number of amides is 1. The van der Waals surface area contributed by atoms with E-state index >= 15 is 0 Å². The first kappa shape index (κ1) is 17.0. The molecule has 0 saturated carbocycles. The fraction of sp³-hybridized carbons (Fsp3) is 0.250. The molecule has 1 aromatic heterocycles. The van der Waals surface area contributed by atoms with Crippen LogP contribution in [0.5, 0.6) is 0 Å². The Morgan fingerprint density at radius 3 is 2.57 bits per heavy atom. The summed E-state index contributed by atoms with van der Waals surface area (Å²) in [5.74, 6) is -1.66. The Kier molecular flexibility index (Phi) is 5.00. The van der Waals surface area contributed by atoms with Crippen LogP contribution < -0.4 is 5.32 Å². The molecule has 7 heteroatoms. The first-order valence-corrected chi connectivity index (χ1v) is 8.56. The Labute approximate surface area is 136 Å². The number of carbonyl (C=O) groups is 2. The predicted molar refractivity (Wildman–Crippen MR) is 87.3 cm³/mol. The van der Waals surface area contributed by atoms with Gasteiger partial charge in [-0.1, -0.05) is 12.1 Å². The first-order chi connectivity index (χ1) is 10.8. The summed E-state index contributed by atoms with van der Waals surface area (Å²) in [7, 11) is -0.985. The highest BCUT2D eigenvalue weighted by Gasteiger charge is 2.19. The van der Waals surface area contributed by atoms with Gasteiger partial charge in [0, 0.05) is 34.1 Å². The summed E-state index contributed by atoms with van der Waals surface area (Å²) in [6, 6.07) is 6.73. The summed E-state index contributed by atoms with van der Waals surface area (Å²) in [5, 5.41) is 11.7. The quantitative estimate of drug-likeness (QED) is 0.876. The highest BCUT2D eigenvalue weighted by molar-refractivity contribution is 7.83. The van der Waals surface area contributed by atoms with E-state index in [1.54, 1.807) is 25.3 Å². The van der Waals surface area contributed by atoms with Crippen LogP contribution in [-0.4, -0.2) is 27.4 Å². The molecule has 2 aromatic rings. The van der Waals surface area contributed by atoms with Crippen LogP contribution in [0.4, 0.5) is 5.69 Å². The lowest BCUT2D eigenvalue weighted by Crippen LogP contribution is -2.12. The van der Waals surface area contributed by atoms with Crippen LogP contribution in [0.2, 0.25) is 0 Å². The number of aromatic carboxylic acids is 1. The van der Waals surface area contributed by atoms with Gasteiger partial charge in [-0.2, -0.15) is 0 Å². The molecule has 1 heterocycles. The van der Waals surface area contributed by atoms with E-state index in [9.17, 15) is 13.8 Å². The van der Waals surface area contributed by atoms with Crippen LogP contribution in [0.1, 0.15) is 37.8 Å². The zero-order valence-electron chi connectivity index (χ0n) is 13.0. The van der Waals surface area contributed by atoms with Gasteiger partial charge in [-0.3, -0.25) is 9.00 Å². The van der Waals surface area contributed by atoms with E-state index in [1.807, 2.05) is 13.0 Å². The van der Waals surface area contributed by atoms with Crippen molar-refractivity contribution < 1.29 is 23.3 Å². The van der Waals surface area contributed by atoms with Crippen molar-refractivity contribution in [2.24, 2.45) is 0 Å². The van der Waals surface area contributed by atoms with E-state index in [4.69, 9.17) is 9.52 Å². The minimum atomic E-state index is -1.22. The molecule has 0 aliphatic carbocycles. The number of benzene rings is 1. The lowest BCUT2D eigenvalue weighted by Gasteiger charge is -2.11. The van der Waals surface area contributed by atoms with Crippen molar-refractivity contribution in [1.82, 2.24) is 0 Å². The number of carbonyl (C=O) groups excluding carboxylic acids is 1. The zero-order chi connectivity index (χ0) is 17.1. The zero-order valence-corrected chi connectivity index (χ0v) is 13.8. The van der Waals surface area contributed by atoms with E-state index in [2.05, 4.69) is 5.32 Å². The molecule has 0 bridgehead atoms. The highest BCUT2D eigenvalue weighted by atomic mass is 32.2. The summed E-state index contributed by atoms with van der Waals surface area (Å²) in [6.45, 7) is 3.39. The van der Waals surface area contributed by atoms with Crippen molar-refractivity contribution in [2.75, 3.05) is 11.6 Å². The monoisotopic (exact) mass is 335 g/mol. The molecule has 0 spiro atoms. The maximum atomic E-state index is 12.2. The normalized spacial score (nSPS) is 12.0. The van der Waals surface area contributed by atoms with Crippen molar-refractivity contribution in [3.05, 3.63) is 52.5 Å². The summed E-state index contributed by atoms with van der Waals surface area (Å²) >= 11 is 0. The number of aryl methyl sites for hydroxylation is 1. The molecule has 0 fully saturated rings. The van der Waals surface area contributed by atoms with Gasteiger partial charge in [0.05, 0.1) is 0 Å². The number of furan rings is 1. The maximum Gasteiger partial charge on any atom is 0.372 e. The summed E-state index contributed by atoms with van der Waals surface area (Å²) in [6.07, 6.45) is 1.61. The van der Waals surface area contributed by atoms with Crippen molar-refractivity contribution >= 4 is 28.4 Å². The Balaban J connectivity index is 2.25. The molecule has 2 N–H and O–H groups in total. The molecule has 0 aliphatic rings. The Hall–Kier alpha value is -2.41. The number of carboxylic acids is 1. The van der Waals surface area contributed by atoms with Crippen LogP contribution in [0.25, 0.3) is 0 Å². The summed E-state index contributed by atoms with van der Waals surface area (Å²) in [4.78, 5) is 23.2. The van der Waals surface area contributed by atoms with Gasteiger partial charge in [0.15, 0.2) is 5.76 Å². The van der Waals surface area contributed by atoms with Gasteiger partial charge in [0.2, 0.25) is 5.76 Å². The molecule has 1 amide bonds. The van der Waals surface area contributed by atoms with Crippen molar-refractivity contribution in [1.29, 1.82) is 0 Å². The average molecular weight is 335 g/mol. The number of hydrogen-bond donors (Lipinski definition) is 2. The Morgan fingerprint density at radius 2 is 2.00 bits per heavy atom. The SMILES string of the molecule is Cc1cc(C(=O)Nc2cccc(CS(C)=O)c2C)oc1C(=O)O. The molecule has 122 valence electrons. The molecule has 1 unspecified atom stereocenters. The van der Waals surface area contributed by atoms with Crippen molar-refractivity contribution in [3.8, 4) is 0 Å². The molecule has 2 rings (SSSR count). The molecule has 1 aromatic carbocycles. The third-order valence-corrected chi connectivity index (χ3v) is 4.11. The Morgan fingerprint density at radius 1 is 1.30 bits per heavy atom. The van der Waals surface area contributed by atoms with E-state index in [0.717, 1.165) is 11.1 Å². The molecule has 6 nitrogen and oxygen atoms in total. The molecule has 23 heavy (non-hydrogen) atoms. The molecule has 1 atom stereocenters. The molecule has 0 radical (unpaired) electrons. The lowest BCUT2D eigenvalue weighted by molar-refractivity contribution is 0.0659. The fourth-order valence-electron chi connectivity index (χ4n) is 2.18. The molecule has 0 aliphatic heterocycles. The van der Waals surface area contributed by atoms with Crippen molar-refractivity contribution in [2.45, 2.75) is 19.6 Å². The number of hydrogen-bond acceptors (Lipinski definition) is 4. The number of carboxylic acid groups (broad SMARTS) is 1. The second-order valence-electron chi connectivity index (χ2n) is 5.19. The minimum Gasteiger partial charge on any atom is -0.475 e. The van der Waals surface area contributed by atoms with Crippen LogP contribution >= 0.6 is 0 Å². The van der Waals surface area contributed by atoms with E-state index < -0.39 is 22.7 Å². The van der Waals surface area contributed by atoms with Crippen LogP contribution in [0.3, 0.4) is 0 Å². The van der Waals surface area contributed by atoms with E-state index in [-0.39, 0.29) is 11.5 Å². The average Bonchev–Trinajstić information content (AvgIpc) is 2.85. The second-order valence-corrected chi connectivity index (χ2v) is 6.62. The van der Waals surface area contributed by atoms with Gasteiger partial charge in [-0.25, -0.2) is 4.79 Å². The molecular weight excluding hydrogens is 318 g/mol. The topological polar surface area (TPSA) is 96.6 Å². The smallest absolute Gasteiger partial charge is 0.372 e. The van der Waals surface area contributed by atoms with E-state index in [1.165, 1.54) is 6.07 Å². The largest absolute Gasteiger partial charge is 0.475 e. The third-order valence-electron chi connectivity index (χ3n) is 3.39. The van der Waals surface area contributed by atoms with Gasteiger partial charge in [0.25, 0.3) is 5.91 Å². The van der Waals surface area contributed by atoms with Crippen LogP contribution in [0.15, 0.2) is 28.7 Å².